The number of anilines is 1. The topological polar surface area (TPSA) is 109 Å². The van der Waals surface area contributed by atoms with Crippen LogP contribution in [0, 0.1) is 0 Å². The molecule has 3 rings (SSSR count). The summed E-state index contributed by atoms with van der Waals surface area (Å²) in [5, 5.41) is 3.64. The summed E-state index contributed by atoms with van der Waals surface area (Å²) in [5.74, 6) is 5.24. The van der Waals surface area contributed by atoms with E-state index in [9.17, 15) is 4.79 Å². The summed E-state index contributed by atoms with van der Waals surface area (Å²) in [7, 11) is 0. The number of H-pyrrole nitrogens is 1. The highest BCUT2D eigenvalue weighted by Crippen LogP contribution is 2.22. The average Bonchev–Trinajstić information content (AvgIpc) is 3.04. The number of nitrogens with two attached hydrogens (primary N) is 1. The van der Waals surface area contributed by atoms with Crippen molar-refractivity contribution in [3.05, 3.63) is 54.2 Å². The molecular formula is C14H14N6O. The van der Waals surface area contributed by atoms with Crippen molar-refractivity contribution in [1.82, 2.24) is 20.3 Å². The van der Waals surface area contributed by atoms with Gasteiger partial charge in [0.25, 0.3) is 5.91 Å². The predicted octanol–water partition coefficient (Wildman–Crippen LogP) is 1.17. The molecule has 3 aromatic rings. The van der Waals surface area contributed by atoms with Gasteiger partial charge in [-0.3, -0.25) is 10.6 Å². The Labute approximate surface area is 120 Å². The summed E-state index contributed by atoms with van der Waals surface area (Å²) < 4.78 is 0. The number of fused-ring (bicyclic) bond motifs is 1. The predicted molar refractivity (Wildman–Crippen MR) is 79.3 cm³/mol. The standard InChI is InChI=1S/C14H14N6O/c15-20-12-5-13(19-11-4-2-1-3-10(11)12)14(21)17-7-9-6-16-8-18-9/h1-6,8H,7,15H2,(H,16,18)(H,17,21)(H,19,20). The zero-order valence-electron chi connectivity index (χ0n) is 11.1. The van der Waals surface area contributed by atoms with Gasteiger partial charge in [0.05, 0.1) is 29.8 Å². The summed E-state index contributed by atoms with van der Waals surface area (Å²) in [6.07, 6.45) is 3.22. The van der Waals surface area contributed by atoms with E-state index in [1.54, 1.807) is 18.6 Å². The SMILES string of the molecule is NNc1cc(C(=O)NCc2cnc[nH]2)nc2ccccc12. The fourth-order valence-electron chi connectivity index (χ4n) is 2.06. The summed E-state index contributed by atoms with van der Waals surface area (Å²) in [6, 6.07) is 9.11. The van der Waals surface area contributed by atoms with Gasteiger partial charge in [-0.1, -0.05) is 18.2 Å². The van der Waals surface area contributed by atoms with Gasteiger partial charge in [-0.2, -0.15) is 0 Å². The van der Waals surface area contributed by atoms with Gasteiger partial charge in [-0.05, 0) is 12.1 Å². The van der Waals surface area contributed by atoms with Crippen molar-refractivity contribution in [3.8, 4) is 0 Å². The minimum absolute atomic E-state index is 0.271. The number of aromatic amines is 1. The van der Waals surface area contributed by atoms with Crippen LogP contribution < -0.4 is 16.6 Å². The molecule has 0 spiro atoms. The summed E-state index contributed by atoms with van der Waals surface area (Å²) in [4.78, 5) is 23.3. The Bertz CT molecular complexity index is 768. The molecule has 2 heterocycles. The molecule has 0 aliphatic carbocycles. The van der Waals surface area contributed by atoms with Crippen LogP contribution in [0.4, 0.5) is 5.69 Å². The zero-order chi connectivity index (χ0) is 14.7. The van der Waals surface area contributed by atoms with Crippen molar-refractivity contribution in [1.29, 1.82) is 0 Å². The molecule has 7 heteroatoms. The number of carbonyl (C=O) groups is 1. The number of benzene rings is 1. The van der Waals surface area contributed by atoms with Crippen LogP contribution in [0.5, 0.6) is 0 Å². The Morgan fingerprint density at radius 3 is 2.95 bits per heavy atom. The van der Waals surface area contributed by atoms with E-state index < -0.39 is 0 Å². The number of para-hydroxylation sites is 1. The number of rotatable bonds is 4. The average molecular weight is 282 g/mol. The number of amides is 1. The van der Waals surface area contributed by atoms with Crippen LogP contribution in [0.3, 0.4) is 0 Å². The van der Waals surface area contributed by atoms with Crippen molar-refractivity contribution in [2.24, 2.45) is 5.84 Å². The van der Waals surface area contributed by atoms with Crippen LogP contribution in [0.25, 0.3) is 10.9 Å². The van der Waals surface area contributed by atoms with Gasteiger partial charge in [0.2, 0.25) is 0 Å². The third kappa shape index (κ3) is 2.67. The minimum atomic E-state index is -0.271. The van der Waals surface area contributed by atoms with E-state index in [-0.39, 0.29) is 5.91 Å². The number of imidazole rings is 1. The lowest BCUT2D eigenvalue weighted by Crippen LogP contribution is -2.24. The first-order valence-electron chi connectivity index (χ1n) is 6.40. The molecule has 0 aliphatic heterocycles. The maximum atomic E-state index is 12.2. The van der Waals surface area contributed by atoms with Crippen LogP contribution >= 0.6 is 0 Å². The highest BCUT2D eigenvalue weighted by Gasteiger charge is 2.11. The molecule has 0 aliphatic rings. The first-order chi connectivity index (χ1) is 10.3. The van der Waals surface area contributed by atoms with Crippen LogP contribution in [0.2, 0.25) is 0 Å². The number of aromatic nitrogens is 3. The number of pyridine rings is 1. The fraction of sp³-hybridized carbons (Fsp3) is 0.0714. The molecule has 0 fully saturated rings. The lowest BCUT2D eigenvalue weighted by atomic mass is 10.1. The number of hydrazine groups is 1. The van der Waals surface area contributed by atoms with E-state index in [4.69, 9.17) is 5.84 Å². The Morgan fingerprint density at radius 1 is 1.33 bits per heavy atom. The third-order valence-electron chi connectivity index (χ3n) is 3.10. The number of carbonyl (C=O) groups excluding carboxylic acids is 1. The van der Waals surface area contributed by atoms with Crippen LogP contribution in [0.1, 0.15) is 16.2 Å². The second-order valence-corrected chi connectivity index (χ2v) is 4.48. The van der Waals surface area contributed by atoms with Gasteiger partial charge in [0.15, 0.2) is 0 Å². The molecule has 0 saturated carbocycles. The molecule has 0 bridgehead atoms. The largest absolute Gasteiger partial charge is 0.347 e. The molecule has 5 N–H and O–H groups in total. The number of nitrogen functional groups attached to an aromatic ring is 1. The molecule has 0 atom stereocenters. The Balaban J connectivity index is 1.87. The number of nitrogens with zero attached hydrogens (tertiary/aromatic N) is 2. The number of nitrogens with one attached hydrogen (secondary N) is 3. The quantitative estimate of drug-likeness (QED) is 0.424. The van der Waals surface area contributed by atoms with E-state index in [2.05, 4.69) is 25.7 Å². The zero-order valence-corrected chi connectivity index (χ0v) is 11.1. The van der Waals surface area contributed by atoms with Crippen molar-refractivity contribution in [2.45, 2.75) is 6.54 Å². The second kappa shape index (κ2) is 5.59. The van der Waals surface area contributed by atoms with Crippen LogP contribution in [0.15, 0.2) is 42.9 Å². The van der Waals surface area contributed by atoms with E-state index in [1.165, 1.54) is 0 Å². The van der Waals surface area contributed by atoms with Gasteiger partial charge in [0.1, 0.15) is 5.69 Å². The Morgan fingerprint density at radius 2 is 2.19 bits per heavy atom. The monoisotopic (exact) mass is 282 g/mol. The molecule has 1 amide bonds. The normalized spacial score (nSPS) is 10.5. The van der Waals surface area contributed by atoms with E-state index >= 15 is 0 Å². The van der Waals surface area contributed by atoms with Crippen LogP contribution in [-0.4, -0.2) is 20.9 Å². The third-order valence-corrected chi connectivity index (χ3v) is 3.10. The number of hydrogen-bond acceptors (Lipinski definition) is 5. The molecule has 2 aromatic heterocycles. The van der Waals surface area contributed by atoms with Gasteiger partial charge in [0, 0.05) is 11.6 Å². The maximum absolute atomic E-state index is 12.2. The first-order valence-corrected chi connectivity index (χ1v) is 6.40. The minimum Gasteiger partial charge on any atom is -0.347 e. The van der Waals surface area contributed by atoms with E-state index in [0.29, 0.717) is 23.4 Å². The molecule has 0 unspecified atom stereocenters. The molecule has 21 heavy (non-hydrogen) atoms. The Kier molecular flexibility index (Phi) is 3.48. The number of hydrogen-bond donors (Lipinski definition) is 4. The lowest BCUT2D eigenvalue weighted by molar-refractivity contribution is 0.0946. The smallest absolute Gasteiger partial charge is 0.270 e. The van der Waals surface area contributed by atoms with Crippen molar-refractivity contribution < 1.29 is 4.79 Å². The first kappa shape index (κ1) is 13.1. The maximum Gasteiger partial charge on any atom is 0.270 e. The highest BCUT2D eigenvalue weighted by atomic mass is 16.1. The second-order valence-electron chi connectivity index (χ2n) is 4.48. The van der Waals surface area contributed by atoms with Crippen molar-refractivity contribution >= 4 is 22.5 Å². The molecule has 0 radical (unpaired) electrons. The summed E-state index contributed by atoms with van der Waals surface area (Å²) >= 11 is 0. The van der Waals surface area contributed by atoms with Crippen LogP contribution in [-0.2, 0) is 6.54 Å². The molecule has 106 valence electrons. The summed E-state index contributed by atoms with van der Waals surface area (Å²) in [6.45, 7) is 0.360. The fourth-order valence-corrected chi connectivity index (χ4v) is 2.06. The molecule has 7 nitrogen and oxygen atoms in total. The lowest BCUT2D eigenvalue weighted by Gasteiger charge is -2.09. The van der Waals surface area contributed by atoms with E-state index in [1.807, 2.05) is 24.3 Å². The van der Waals surface area contributed by atoms with Gasteiger partial charge >= 0.3 is 0 Å². The molecule has 0 saturated heterocycles. The van der Waals surface area contributed by atoms with Gasteiger partial charge in [-0.15, -0.1) is 0 Å². The summed E-state index contributed by atoms with van der Waals surface area (Å²) in [5.41, 5.74) is 5.09. The van der Waals surface area contributed by atoms with Gasteiger partial charge < -0.3 is 15.7 Å². The van der Waals surface area contributed by atoms with Crippen molar-refractivity contribution in [3.63, 3.8) is 0 Å². The van der Waals surface area contributed by atoms with Crippen molar-refractivity contribution in [2.75, 3.05) is 5.43 Å². The van der Waals surface area contributed by atoms with E-state index in [0.717, 1.165) is 11.1 Å². The Hall–Kier alpha value is -2.93. The van der Waals surface area contributed by atoms with Gasteiger partial charge in [-0.25, -0.2) is 9.97 Å². The highest BCUT2D eigenvalue weighted by molar-refractivity contribution is 5.99. The molecule has 1 aromatic carbocycles. The molecular weight excluding hydrogens is 268 g/mol.